The summed E-state index contributed by atoms with van der Waals surface area (Å²) >= 11 is 0. The topological polar surface area (TPSA) is 73.2 Å². The highest BCUT2D eigenvalue weighted by atomic mass is 32.2. The molecular weight excluding hydrogens is 266 g/mol. The molecule has 2 fully saturated rings. The molecule has 106 valence electrons. The van der Waals surface area contributed by atoms with Crippen LogP contribution in [0.5, 0.6) is 0 Å². The molecule has 6 nitrogen and oxygen atoms in total. The highest BCUT2D eigenvalue weighted by Crippen LogP contribution is 2.28. The molecule has 0 amide bonds. The fourth-order valence-electron chi connectivity index (χ4n) is 2.78. The zero-order valence-electron chi connectivity index (χ0n) is 10.8. The minimum Gasteiger partial charge on any atom is -0.369 e. The maximum absolute atomic E-state index is 11.5. The van der Waals surface area contributed by atoms with Crippen molar-refractivity contribution in [2.75, 3.05) is 31.2 Å². The number of morpholine rings is 1. The first-order valence-electron chi connectivity index (χ1n) is 6.70. The predicted octanol–water partition coefficient (Wildman–Crippen LogP) is 0.294. The molecular formula is C12H19N3O3S. The average Bonchev–Trinajstić information content (AvgIpc) is 2.89. The first-order valence-corrected chi connectivity index (χ1v) is 8.52. The summed E-state index contributed by atoms with van der Waals surface area (Å²) in [5.74, 6) is 0.554. The van der Waals surface area contributed by atoms with Gasteiger partial charge in [-0.15, -0.1) is 0 Å². The van der Waals surface area contributed by atoms with Crippen LogP contribution in [0.15, 0.2) is 12.5 Å². The van der Waals surface area contributed by atoms with Crippen LogP contribution < -0.4 is 5.32 Å². The summed E-state index contributed by atoms with van der Waals surface area (Å²) in [5, 5.41) is 3.30. The Balaban J connectivity index is 1.76. The Bertz CT molecular complexity index is 520. The quantitative estimate of drug-likeness (QED) is 0.845. The van der Waals surface area contributed by atoms with Gasteiger partial charge in [0.05, 0.1) is 36.3 Å². The lowest BCUT2D eigenvalue weighted by molar-refractivity contribution is 0.0218. The second-order valence-corrected chi connectivity index (χ2v) is 7.48. The van der Waals surface area contributed by atoms with Gasteiger partial charge in [0.2, 0.25) is 0 Å². The first-order chi connectivity index (χ1) is 9.16. The van der Waals surface area contributed by atoms with Gasteiger partial charge in [-0.05, 0) is 12.8 Å². The summed E-state index contributed by atoms with van der Waals surface area (Å²) in [4.78, 5) is 4.21. The fourth-order valence-corrected chi connectivity index (χ4v) is 4.25. The molecule has 1 aromatic heterocycles. The number of ether oxygens (including phenoxy) is 1. The van der Waals surface area contributed by atoms with Crippen molar-refractivity contribution in [1.82, 2.24) is 14.9 Å². The molecule has 3 heterocycles. The second kappa shape index (κ2) is 5.22. The third-order valence-corrected chi connectivity index (χ3v) is 5.59. The number of aromatic nitrogens is 2. The van der Waals surface area contributed by atoms with E-state index in [1.165, 1.54) is 0 Å². The molecule has 0 radical (unpaired) electrons. The van der Waals surface area contributed by atoms with E-state index in [2.05, 4.69) is 14.9 Å². The molecule has 2 aliphatic heterocycles. The number of rotatable bonds is 2. The van der Waals surface area contributed by atoms with Crippen LogP contribution in [0.1, 0.15) is 30.7 Å². The van der Waals surface area contributed by atoms with E-state index in [1.54, 1.807) is 6.33 Å². The standard InChI is InChI=1S/C12H19N3O3S/c16-19(17)5-1-10(2-6-19)15-9-14-7-11(15)12-8-13-3-4-18-12/h7,9-10,12-13H,1-6,8H2. The molecule has 1 aromatic rings. The molecule has 0 saturated carbocycles. The van der Waals surface area contributed by atoms with E-state index in [1.807, 2.05) is 6.20 Å². The largest absolute Gasteiger partial charge is 0.369 e. The highest BCUT2D eigenvalue weighted by molar-refractivity contribution is 7.91. The summed E-state index contributed by atoms with van der Waals surface area (Å²) in [6.45, 7) is 2.37. The van der Waals surface area contributed by atoms with Gasteiger partial charge >= 0.3 is 0 Å². The van der Waals surface area contributed by atoms with Crippen LogP contribution in [0.25, 0.3) is 0 Å². The van der Waals surface area contributed by atoms with Crippen LogP contribution in [-0.4, -0.2) is 49.2 Å². The summed E-state index contributed by atoms with van der Waals surface area (Å²) in [6, 6.07) is 0.228. The van der Waals surface area contributed by atoms with Crippen molar-refractivity contribution < 1.29 is 13.2 Å². The minimum absolute atomic E-state index is 0.0229. The lowest BCUT2D eigenvalue weighted by atomic mass is 10.1. The Kier molecular flexibility index (Phi) is 3.60. The third-order valence-electron chi connectivity index (χ3n) is 3.87. The Labute approximate surface area is 113 Å². The van der Waals surface area contributed by atoms with Gasteiger partial charge in [-0.3, -0.25) is 0 Å². The zero-order valence-corrected chi connectivity index (χ0v) is 11.6. The molecule has 0 aromatic carbocycles. The van der Waals surface area contributed by atoms with Crippen LogP contribution in [-0.2, 0) is 14.6 Å². The van der Waals surface area contributed by atoms with E-state index >= 15 is 0 Å². The van der Waals surface area contributed by atoms with Crippen LogP contribution in [0.4, 0.5) is 0 Å². The van der Waals surface area contributed by atoms with Crippen LogP contribution in [0, 0.1) is 0 Å². The van der Waals surface area contributed by atoms with Gasteiger partial charge in [-0.2, -0.15) is 0 Å². The molecule has 19 heavy (non-hydrogen) atoms. The van der Waals surface area contributed by atoms with E-state index in [0.29, 0.717) is 19.4 Å². The smallest absolute Gasteiger partial charge is 0.150 e. The zero-order chi connectivity index (χ0) is 13.3. The van der Waals surface area contributed by atoms with Gasteiger partial charge in [0.1, 0.15) is 15.9 Å². The van der Waals surface area contributed by atoms with Gasteiger partial charge in [-0.25, -0.2) is 13.4 Å². The van der Waals surface area contributed by atoms with Gasteiger partial charge in [0, 0.05) is 19.1 Å². The maximum atomic E-state index is 11.5. The van der Waals surface area contributed by atoms with Crippen LogP contribution in [0.2, 0.25) is 0 Å². The molecule has 1 atom stereocenters. The van der Waals surface area contributed by atoms with Crippen molar-refractivity contribution in [2.24, 2.45) is 0 Å². The third kappa shape index (κ3) is 2.82. The molecule has 0 aliphatic carbocycles. The van der Waals surface area contributed by atoms with E-state index < -0.39 is 9.84 Å². The molecule has 0 bridgehead atoms. The van der Waals surface area contributed by atoms with E-state index in [-0.39, 0.29) is 23.7 Å². The van der Waals surface area contributed by atoms with Crippen molar-refractivity contribution in [1.29, 1.82) is 0 Å². The number of sulfone groups is 1. The maximum Gasteiger partial charge on any atom is 0.150 e. The number of hydrogen-bond donors (Lipinski definition) is 1. The minimum atomic E-state index is -2.82. The van der Waals surface area contributed by atoms with Gasteiger partial charge in [0.15, 0.2) is 0 Å². The van der Waals surface area contributed by atoms with Gasteiger partial charge in [-0.1, -0.05) is 0 Å². The van der Waals surface area contributed by atoms with Crippen molar-refractivity contribution in [3.8, 4) is 0 Å². The number of nitrogens with zero attached hydrogens (tertiary/aromatic N) is 2. The summed E-state index contributed by atoms with van der Waals surface area (Å²) in [6.07, 6.45) is 5.00. The van der Waals surface area contributed by atoms with Gasteiger partial charge < -0.3 is 14.6 Å². The monoisotopic (exact) mass is 285 g/mol. The molecule has 1 N–H and O–H groups in total. The summed E-state index contributed by atoms with van der Waals surface area (Å²) < 4.78 is 30.8. The lowest BCUT2D eigenvalue weighted by Gasteiger charge is -2.29. The van der Waals surface area contributed by atoms with Crippen LogP contribution >= 0.6 is 0 Å². The molecule has 2 aliphatic rings. The van der Waals surface area contributed by atoms with Crippen molar-refractivity contribution in [3.05, 3.63) is 18.2 Å². The second-order valence-electron chi connectivity index (χ2n) is 5.17. The van der Waals surface area contributed by atoms with Crippen molar-refractivity contribution in [2.45, 2.75) is 25.0 Å². The number of nitrogens with one attached hydrogen (secondary N) is 1. The number of imidazole rings is 1. The highest BCUT2D eigenvalue weighted by Gasteiger charge is 2.28. The summed E-state index contributed by atoms with van der Waals surface area (Å²) in [7, 11) is -2.82. The SMILES string of the molecule is O=S1(=O)CCC(n2cncc2C2CNCCO2)CC1. The van der Waals surface area contributed by atoms with E-state index in [9.17, 15) is 8.42 Å². The van der Waals surface area contributed by atoms with Crippen LogP contribution in [0.3, 0.4) is 0 Å². The molecule has 0 spiro atoms. The molecule has 7 heteroatoms. The molecule has 2 saturated heterocycles. The van der Waals surface area contributed by atoms with Crippen molar-refractivity contribution >= 4 is 9.84 Å². The normalized spacial score (nSPS) is 28.3. The van der Waals surface area contributed by atoms with E-state index in [0.717, 1.165) is 18.8 Å². The van der Waals surface area contributed by atoms with Gasteiger partial charge in [0.25, 0.3) is 0 Å². The molecule has 3 rings (SSSR count). The Morgan fingerprint density at radius 1 is 1.37 bits per heavy atom. The first kappa shape index (κ1) is 13.1. The Hall–Kier alpha value is -0.920. The van der Waals surface area contributed by atoms with E-state index in [4.69, 9.17) is 4.74 Å². The Morgan fingerprint density at radius 2 is 2.16 bits per heavy atom. The number of hydrogen-bond acceptors (Lipinski definition) is 5. The summed E-state index contributed by atoms with van der Waals surface area (Å²) in [5.41, 5.74) is 1.05. The molecule has 1 unspecified atom stereocenters. The Morgan fingerprint density at radius 3 is 2.84 bits per heavy atom. The fraction of sp³-hybridized carbons (Fsp3) is 0.750. The predicted molar refractivity (Wildman–Crippen MR) is 70.7 cm³/mol. The lowest BCUT2D eigenvalue weighted by Crippen LogP contribution is -2.35. The average molecular weight is 285 g/mol. The van der Waals surface area contributed by atoms with Crippen molar-refractivity contribution in [3.63, 3.8) is 0 Å².